The summed E-state index contributed by atoms with van der Waals surface area (Å²) in [5.74, 6) is 0. The van der Waals surface area contributed by atoms with Crippen LogP contribution in [-0.4, -0.2) is 17.0 Å². The summed E-state index contributed by atoms with van der Waals surface area (Å²) in [6.07, 6.45) is 1.54. The van der Waals surface area contributed by atoms with Gasteiger partial charge >= 0.3 is 8.25 Å². The van der Waals surface area contributed by atoms with Gasteiger partial charge in [0.2, 0.25) is 0 Å². The van der Waals surface area contributed by atoms with Crippen molar-refractivity contribution in [2.75, 3.05) is 0 Å². The highest BCUT2D eigenvalue weighted by Crippen LogP contribution is 2.21. The summed E-state index contributed by atoms with van der Waals surface area (Å²) in [5.41, 5.74) is 3.75. The molecule has 0 aromatic rings. The van der Waals surface area contributed by atoms with Gasteiger partial charge in [0.15, 0.2) is 6.10 Å². The van der Waals surface area contributed by atoms with Crippen molar-refractivity contribution in [3.05, 3.63) is 0 Å². The smallest absolute Gasteiger partial charge is 0.353 e. The summed E-state index contributed by atoms with van der Waals surface area (Å²) in [6, 6.07) is 0.0565. The predicted molar refractivity (Wildman–Crippen MR) is 42.0 cm³/mol. The van der Waals surface area contributed by atoms with Gasteiger partial charge in [-0.25, -0.2) is 0 Å². The first kappa shape index (κ1) is 11.0. The van der Waals surface area contributed by atoms with Crippen LogP contribution in [0.15, 0.2) is 0 Å². The normalized spacial score (nSPS) is 17.6. The first-order chi connectivity index (χ1) is 5.07. The van der Waals surface area contributed by atoms with E-state index in [2.05, 4.69) is 5.73 Å². The number of hydrogen-bond acceptors (Lipinski definition) is 2. The van der Waals surface area contributed by atoms with Gasteiger partial charge in [-0.05, 0) is 13.3 Å². The molecule has 0 rings (SSSR count). The van der Waals surface area contributed by atoms with Crippen LogP contribution >= 0.6 is 8.25 Å². The van der Waals surface area contributed by atoms with Crippen LogP contribution < -0.4 is 5.73 Å². The summed E-state index contributed by atoms with van der Waals surface area (Å²) in [5, 5.41) is 0. The average Bonchev–Trinajstić information content (AvgIpc) is 1.86. The van der Waals surface area contributed by atoms with Gasteiger partial charge in [0.1, 0.15) is 6.04 Å². The maximum absolute atomic E-state index is 10.3. The largest absolute Gasteiger partial charge is 0.695 e. The molecule has 4 N–H and O–H groups in total. The van der Waals surface area contributed by atoms with E-state index >= 15 is 0 Å². The van der Waals surface area contributed by atoms with Gasteiger partial charge in [-0.3, -0.25) is 0 Å². The van der Waals surface area contributed by atoms with Gasteiger partial charge in [0.25, 0.3) is 0 Å². The topological polar surface area (TPSA) is 74.2 Å². The first-order valence-corrected chi connectivity index (χ1v) is 4.87. The Kier molecular flexibility index (Phi) is 5.60. The van der Waals surface area contributed by atoms with Crippen molar-refractivity contribution in [1.29, 1.82) is 0 Å². The molecule has 0 aliphatic carbocycles. The number of rotatable bonds is 5. The molecule has 0 fully saturated rings. The van der Waals surface area contributed by atoms with Gasteiger partial charge in [-0.2, -0.15) is 0 Å². The molecule has 0 bridgehead atoms. The van der Waals surface area contributed by atoms with E-state index in [1.54, 1.807) is 0 Å². The summed E-state index contributed by atoms with van der Waals surface area (Å²) >= 11 is 0. The van der Waals surface area contributed by atoms with E-state index in [0.29, 0.717) is 0 Å². The second-order valence-electron chi connectivity index (χ2n) is 2.65. The maximum Gasteiger partial charge on any atom is 0.695 e. The zero-order valence-electron chi connectivity index (χ0n) is 6.99. The Morgan fingerprint density at radius 1 is 1.73 bits per heavy atom. The number of hydrogen-bond donors (Lipinski definition) is 2. The monoisotopic (exact) mass is 181 g/mol. The van der Waals surface area contributed by atoms with Gasteiger partial charge in [0, 0.05) is 4.57 Å². The van der Waals surface area contributed by atoms with Crippen molar-refractivity contribution in [3.63, 3.8) is 0 Å². The van der Waals surface area contributed by atoms with Crippen molar-refractivity contribution in [2.24, 2.45) is 0 Å². The van der Waals surface area contributed by atoms with Crippen LogP contribution in [0.2, 0.25) is 0 Å². The Balaban J connectivity index is 3.79. The Morgan fingerprint density at radius 3 is 2.55 bits per heavy atom. The van der Waals surface area contributed by atoms with Crippen LogP contribution in [0.1, 0.15) is 26.7 Å². The molecule has 0 aliphatic rings. The zero-order valence-corrected chi connectivity index (χ0v) is 7.88. The predicted octanol–water partition coefficient (Wildman–Crippen LogP) is 0.452. The minimum absolute atomic E-state index is 0.0565. The van der Waals surface area contributed by atoms with Crippen molar-refractivity contribution >= 4 is 8.25 Å². The van der Waals surface area contributed by atoms with Gasteiger partial charge < -0.3 is 5.73 Å². The molecule has 0 saturated heterocycles. The highest BCUT2D eigenvalue weighted by molar-refractivity contribution is 7.32. The zero-order chi connectivity index (χ0) is 8.85. The molecular weight excluding hydrogens is 165 g/mol. The Labute approximate surface area is 67.7 Å². The first-order valence-electron chi connectivity index (χ1n) is 3.74. The Bertz CT molecular complexity index is 129. The average molecular weight is 181 g/mol. The molecular formula is C6H16NO3P+2. The standard InChI is InChI=1S/C6H14NO3P/c1-3-4-6(5(2)7)10-11(8)9/h5-6H,3-4,7H2,1-2H3/p+2. The third-order valence-corrected chi connectivity index (χ3v) is 1.88. The lowest BCUT2D eigenvalue weighted by atomic mass is 10.1. The quantitative estimate of drug-likeness (QED) is 0.605. The molecule has 0 spiro atoms. The molecule has 0 saturated carbocycles. The minimum Gasteiger partial charge on any atom is -0.353 e. The maximum atomic E-state index is 10.3. The number of quaternary nitrogens is 1. The van der Waals surface area contributed by atoms with E-state index in [1.165, 1.54) is 0 Å². The SMILES string of the molecule is CCCC(O[P+](=O)O)C(C)[NH3+]. The molecule has 11 heavy (non-hydrogen) atoms. The third kappa shape index (κ3) is 5.27. The lowest BCUT2D eigenvalue weighted by Crippen LogP contribution is -2.64. The van der Waals surface area contributed by atoms with E-state index in [1.807, 2.05) is 13.8 Å². The lowest BCUT2D eigenvalue weighted by Gasteiger charge is -2.09. The van der Waals surface area contributed by atoms with E-state index in [9.17, 15) is 4.57 Å². The van der Waals surface area contributed by atoms with Crippen molar-refractivity contribution in [2.45, 2.75) is 38.8 Å². The highest BCUT2D eigenvalue weighted by Gasteiger charge is 2.27. The van der Waals surface area contributed by atoms with E-state index in [-0.39, 0.29) is 12.1 Å². The van der Waals surface area contributed by atoms with Crippen LogP contribution in [0.4, 0.5) is 0 Å². The third-order valence-electron chi connectivity index (χ3n) is 1.43. The fourth-order valence-electron chi connectivity index (χ4n) is 0.841. The van der Waals surface area contributed by atoms with Crippen molar-refractivity contribution < 1.29 is 19.7 Å². The van der Waals surface area contributed by atoms with Crippen LogP contribution in [0.3, 0.4) is 0 Å². The van der Waals surface area contributed by atoms with Crippen LogP contribution in [0.5, 0.6) is 0 Å². The summed E-state index contributed by atoms with van der Waals surface area (Å²) in [4.78, 5) is 8.46. The Morgan fingerprint density at radius 2 is 2.27 bits per heavy atom. The molecule has 0 heterocycles. The molecule has 4 nitrogen and oxygen atoms in total. The molecule has 0 radical (unpaired) electrons. The second kappa shape index (κ2) is 5.61. The van der Waals surface area contributed by atoms with Gasteiger partial charge in [-0.1, -0.05) is 13.3 Å². The lowest BCUT2D eigenvalue weighted by molar-refractivity contribution is -0.429. The fourth-order valence-corrected chi connectivity index (χ4v) is 1.39. The summed E-state index contributed by atoms with van der Waals surface area (Å²) in [7, 11) is -2.47. The van der Waals surface area contributed by atoms with Crippen LogP contribution in [0, 0.1) is 0 Å². The van der Waals surface area contributed by atoms with Crippen LogP contribution in [0.25, 0.3) is 0 Å². The second-order valence-corrected chi connectivity index (χ2v) is 3.33. The van der Waals surface area contributed by atoms with Crippen molar-refractivity contribution in [1.82, 2.24) is 0 Å². The molecule has 3 unspecified atom stereocenters. The minimum atomic E-state index is -2.47. The summed E-state index contributed by atoms with van der Waals surface area (Å²) < 4.78 is 15.0. The van der Waals surface area contributed by atoms with Crippen molar-refractivity contribution in [3.8, 4) is 0 Å². The molecule has 0 aromatic heterocycles. The van der Waals surface area contributed by atoms with E-state index in [4.69, 9.17) is 9.42 Å². The summed E-state index contributed by atoms with van der Waals surface area (Å²) in [6.45, 7) is 3.88. The molecule has 0 aliphatic heterocycles. The van der Waals surface area contributed by atoms with E-state index in [0.717, 1.165) is 12.8 Å². The molecule has 3 atom stereocenters. The molecule has 0 amide bonds. The fraction of sp³-hybridized carbons (Fsp3) is 1.00. The highest BCUT2D eigenvalue weighted by atomic mass is 31.1. The Hall–Kier alpha value is -0.0200. The van der Waals surface area contributed by atoms with Gasteiger partial charge in [-0.15, -0.1) is 9.42 Å². The van der Waals surface area contributed by atoms with Crippen LogP contribution in [-0.2, 0) is 9.09 Å². The molecule has 5 heteroatoms. The molecule has 66 valence electrons. The van der Waals surface area contributed by atoms with Gasteiger partial charge in [0.05, 0.1) is 0 Å². The van der Waals surface area contributed by atoms with E-state index < -0.39 is 8.25 Å². The molecule has 0 aromatic carbocycles.